The van der Waals surface area contributed by atoms with Crippen molar-refractivity contribution in [2.75, 3.05) is 32.8 Å². The Hall–Kier alpha value is -3.25. The molecule has 2 fully saturated rings. The van der Waals surface area contributed by atoms with Crippen LogP contribution in [0.2, 0.25) is 0 Å². The second-order valence-corrected chi connectivity index (χ2v) is 10.5. The first-order chi connectivity index (χ1) is 18.1. The largest absolute Gasteiger partial charge is 0.447 e. The van der Waals surface area contributed by atoms with Gasteiger partial charge in [-0.3, -0.25) is 4.90 Å². The van der Waals surface area contributed by atoms with Gasteiger partial charge in [0.1, 0.15) is 6.61 Å². The van der Waals surface area contributed by atoms with E-state index in [1.54, 1.807) is 4.90 Å². The number of amides is 1. The normalized spacial score (nSPS) is 20.2. The van der Waals surface area contributed by atoms with Gasteiger partial charge in [-0.1, -0.05) is 61.0 Å². The summed E-state index contributed by atoms with van der Waals surface area (Å²) in [4.78, 5) is 16.5. The van der Waals surface area contributed by atoms with Gasteiger partial charge in [0.05, 0.1) is 6.04 Å². The van der Waals surface area contributed by atoms with Crippen molar-refractivity contribution in [1.82, 2.24) is 9.80 Å². The summed E-state index contributed by atoms with van der Waals surface area (Å²) >= 11 is 0. The maximum Gasteiger partial charge on any atom is 0.410 e. The highest BCUT2D eigenvalue weighted by molar-refractivity contribution is 5.81. The molecule has 6 rings (SSSR count). The van der Waals surface area contributed by atoms with Crippen LogP contribution >= 0.6 is 0 Å². The second-order valence-electron chi connectivity index (χ2n) is 10.5. The Kier molecular flexibility index (Phi) is 6.45. The molecule has 192 valence electrons. The Bertz CT molecular complexity index is 1250. The Morgan fingerprint density at radius 2 is 1.46 bits per heavy atom. The minimum absolute atomic E-state index is 0.134. The predicted octanol–water partition coefficient (Wildman–Crippen LogP) is 6.69. The number of fused-ring (bicyclic) bond motifs is 5. The minimum Gasteiger partial charge on any atom is -0.447 e. The summed E-state index contributed by atoms with van der Waals surface area (Å²) < 4.78 is 32.2. The van der Waals surface area contributed by atoms with Crippen molar-refractivity contribution in [2.45, 2.75) is 43.6 Å². The van der Waals surface area contributed by atoms with E-state index < -0.39 is 11.6 Å². The average Bonchev–Trinajstić information content (AvgIpc) is 3.42. The van der Waals surface area contributed by atoms with Gasteiger partial charge in [-0.05, 0) is 85.3 Å². The van der Waals surface area contributed by atoms with Gasteiger partial charge >= 0.3 is 6.09 Å². The van der Waals surface area contributed by atoms with Gasteiger partial charge in [0.2, 0.25) is 0 Å². The minimum atomic E-state index is -0.898. The van der Waals surface area contributed by atoms with Crippen LogP contribution in [0.5, 0.6) is 0 Å². The Morgan fingerprint density at radius 1 is 0.811 bits per heavy atom. The number of hydrogen-bond acceptors (Lipinski definition) is 3. The highest BCUT2D eigenvalue weighted by atomic mass is 19.2. The number of rotatable bonds is 7. The highest BCUT2D eigenvalue weighted by Gasteiger charge is 2.44. The molecule has 37 heavy (non-hydrogen) atoms. The van der Waals surface area contributed by atoms with Crippen LogP contribution in [0.15, 0.2) is 66.7 Å². The summed E-state index contributed by atoms with van der Waals surface area (Å²) in [5.41, 5.74) is 6.48. The molecule has 3 aromatic rings. The molecule has 3 aromatic carbocycles. The molecule has 3 aliphatic rings. The van der Waals surface area contributed by atoms with Gasteiger partial charge in [0, 0.05) is 12.0 Å². The van der Waals surface area contributed by atoms with E-state index in [4.69, 9.17) is 4.74 Å². The van der Waals surface area contributed by atoms with Gasteiger partial charge < -0.3 is 9.64 Å². The number of carbonyl (C=O) groups excluding carboxylic acids is 1. The molecule has 1 atom stereocenters. The van der Waals surface area contributed by atoms with Crippen molar-refractivity contribution >= 4 is 6.09 Å². The van der Waals surface area contributed by atoms with E-state index in [9.17, 15) is 13.6 Å². The molecule has 1 aliphatic carbocycles. The maximum absolute atomic E-state index is 13.7. The molecule has 1 amide bonds. The average molecular weight is 503 g/mol. The fourth-order valence-corrected chi connectivity index (χ4v) is 6.60. The lowest BCUT2D eigenvalue weighted by atomic mass is 9.71. The van der Waals surface area contributed by atoms with Crippen LogP contribution in [0.1, 0.15) is 54.8 Å². The van der Waals surface area contributed by atoms with Crippen LogP contribution < -0.4 is 0 Å². The molecular formula is C31H32F2N2O2. The Balaban J connectivity index is 1.00. The van der Waals surface area contributed by atoms with E-state index in [1.807, 2.05) is 0 Å². The van der Waals surface area contributed by atoms with Gasteiger partial charge in [-0.2, -0.15) is 0 Å². The van der Waals surface area contributed by atoms with Crippen LogP contribution in [0.25, 0.3) is 11.1 Å². The number of carbonyl (C=O) groups is 1. The summed E-state index contributed by atoms with van der Waals surface area (Å²) in [5.74, 6) is -1.78. The number of cyclic esters (lactones) is 1. The topological polar surface area (TPSA) is 32.8 Å². The lowest BCUT2D eigenvalue weighted by molar-refractivity contribution is 0.156. The van der Waals surface area contributed by atoms with E-state index in [2.05, 4.69) is 53.4 Å². The molecule has 0 N–H and O–H groups in total. The number of unbranched alkanes of at least 4 members (excludes halogenated alkanes) is 2. The first kappa shape index (κ1) is 24.1. The third-order valence-corrected chi connectivity index (χ3v) is 8.56. The van der Waals surface area contributed by atoms with Crippen LogP contribution in [0, 0.1) is 11.6 Å². The van der Waals surface area contributed by atoms with Gasteiger partial charge in [-0.25, -0.2) is 13.6 Å². The van der Waals surface area contributed by atoms with E-state index in [0.29, 0.717) is 12.1 Å². The zero-order valence-electron chi connectivity index (χ0n) is 21.0. The molecule has 1 spiro atoms. The number of likely N-dealkylation sites (tertiary alicyclic amines) is 1. The van der Waals surface area contributed by atoms with Gasteiger partial charge in [0.15, 0.2) is 11.6 Å². The molecular weight excluding hydrogens is 470 g/mol. The zero-order chi connectivity index (χ0) is 25.4. The molecule has 0 radical (unpaired) electrons. The molecule has 6 heteroatoms. The number of benzene rings is 3. The molecule has 2 aliphatic heterocycles. The van der Waals surface area contributed by atoms with E-state index >= 15 is 0 Å². The van der Waals surface area contributed by atoms with Gasteiger partial charge in [-0.15, -0.1) is 0 Å². The summed E-state index contributed by atoms with van der Waals surface area (Å²) in [6.45, 7) is 3.94. The van der Waals surface area contributed by atoms with Crippen LogP contribution in [0.4, 0.5) is 13.6 Å². The first-order valence-corrected chi connectivity index (χ1v) is 13.4. The van der Waals surface area contributed by atoms with Crippen molar-refractivity contribution in [1.29, 1.82) is 0 Å². The monoisotopic (exact) mass is 502 g/mol. The number of hydrogen-bond donors (Lipinski definition) is 0. The SMILES string of the molecule is O=C1OCC(c2ccc(F)c(F)c2)N1CCCCCN1CCC2(CC1)c1ccccc1-c1ccccc12. The molecule has 4 nitrogen and oxygen atoms in total. The first-order valence-electron chi connectivity index (χ1n) is 13.4. The van der Waals surface area contributed by atoms with Crippen molar-refractivity contribution in [3.8, 4) is 11.1 Å². The molecule has 1 unspecified atom stereocenters. The lowest BCUT2D eigenvalue weighted by Gasteiger charge is -2.41. The molecule has 2 saturated heterocycles. The second kappa shape index (κ2) is 9.90. The Morgan fingerprint density at radius 3 is 2.14 bits per heavy atom. The molecule has 0 saturated carbocycles. The van der Waals surface area contributed by atoms with Crippen LogP contribution in [-0.4, -0.2) is 48.7 Å². The number of halogens is 2. The number of nitrogens with zero attached hydrogens (tertiary/aromatic N) is 2. The van der Waals surface area contributed by atoms with E-state index in [1.165, 1.54) is 34.4 Å². The predicted molar refractivity (Wildman–Crippen MR) is 139 cm³/mol. The quantitative estimate of drug-likeness (QED) is 0.338. The van der Waals surface area contributed by atoms with E-state index in [-0.39, 0.29) is 24.2 Å². The Labute approximate surface area is 216 Å². The fraction of sp³-hybridized carbons (Fsp3) is 0.387. The van der Waals surface area contributed by atoms with E-state index in [0.717, 1.165) is 57.8 Å². The van der Waals surface area contributed by atoms with Crippen molar-refractivity contribution in [2.24, 2.45) is 0 Å². The summed E-state index contributed by atoms with van der Waals surface area (Å²) in [6.07, 6.45) is 4.81. The summed E-state index contributed by atoms with van der Waals surface area (Å²) in [6, 6.07) is 21.3. The summed E-state index contributed by atoms with van der Waals surface area (Å²) in [7, 11) is 0. The number of piperidine rings is 1. The maximum atomic E-state index is 13.7. The third kappa shape index (κ3) is 4.31. The third-order valence-electron chi connectivity index (χ3n) is 8.56. The van der Waals surface area contributed by atoms with Crippen molar-refractivity contribution in [3.05, 3.63) is 95.1 Å². The van der Waals surface area contributed by atoms with Crippen LogP contribution in [-0.2, 0) is 10.2 Å². The fourth-order valence-electron chi connectivity index (χ4n) is 6.60. The standard InChI is InChI=1S/C31H32F2N2O2/c32-27-13-12-22(20-28(27)33)29-21-37-30(36)35(29)17-7-1-6-16-34-18-14-31(15-19-34)25-10-4-2-8-23(25)24-9-3-5-11-26(24)31/h2-5,8-13,20,29H,1,6-7,14-19,21H2. The molecule has 2 heterocycles. The van der Waals surface area contributed by atoms with Crippen molar-refractivity contribution in [3.63, 3.8) is 0 Å². The highest BCUT2D eigenvalue weighted by Crippen LogP contribution is 2.53. The molecule has 0 bridgehead atoms. The van der Waals surface area contributed by atoms with Gasteiger partial charge in [0.25, 0.3) is 0 Å². The molecule has 0 aromatic heterocycles. The smallest absolute Gasteiger partial charge is 0.410 e. The number of ether oxygens (including phenoxy) is 1. The zero-order valence-corrected chi connectivity index (χ0v) is 21.0. The van der Waals surface area contributed by atoms with Crippen molar-refractivity contribution < 1.29 is 18.3 Å². The summed E-state index contributed by atoms with van der Waals surface area (Å²) in [5, 5.41) is 0. The lowest BCUT2D eigenvalue weighted by Crippen LogP contribution is -2.42. The van der Waals surface area contributed by atoms with Crippen LogP contribution in [0.3, 0.4) is 0 Å².